The van der Waals surface area contributed by atoms with Crippen LogP contribution < -0.4 is 5.32 Å². The summed E-state index contributed by atoms with van der Waals surface area (Å²) in [5, 5.41) is 12.3. The number of amides is 1. The molecule has 0 unspecified atom stereocenters. The van der Waals surface area contributed by atoms with Crippen molar-refractivity contribution in [3.05, 3.63) is 73.7 Å². The third-order valence-corrected chi connectivity index (χ3v) is 6.06. The summed E-state index contributed by atoms with van der Waals surface area (Å²) in [6.45, 7) is 3.70. The topological polar surface area (TPSA) is 125 Å². The van der Waals surface area contributed by atoms with Gasteiger partial charge in [-0.2, -0.15) is 5.10 Å². The van der Waals surface area contributed by atoms with Crippen LogP contribution in [0.4, 0.5) is 5.69 Å². The fourth-order valence-corrected chi connectivity index (χ4v) is 4.15. The van der Waals surface area contributed by atoms with E-state index in [1.54, 1.807) is 24.8 Å². The van der Waals surface area contributed by atoms with E-state index >= 15 is 0 Å². The molecule has 0 fully saturated rings. The molecule has 6 rings (SSSR count). The molecule has 36 heavy (non-hydrogen) atoms. The quantitative estimate of drug-likeness (QED) is 0.315. The third-order valence-electron chi connectivity index (χ3n) is 6.06. The third kappa shape index (κ3) is 3.86. The minimum absolute atomic E-state index is 0.0568. The number of nitrogens with zero attached hydrogens (tertiary/aromatic N) is 5. The van der Waals surface area contributed by atoms with Crippen molar-refractivity contribution < 1.29 is 4.79 Å². The zero-order valence-corrected chi connectivity index (χ0v) is 19.6. The Balaban J connectivity index is 1.41. The van der Waals surface area contributed by atoms with E-state index in [4.69, 9.17) is 0 Å². The van der Waals surface area contributed by atoms with E-state index in [2.05, 4.69) is 46.5 Å². The molecule has 0 spiro atoms. The molecule has 0 aliphatic rings. The monoisotopic (exact) mass is 474 g/mol. The molecule has 0 aliphatic carbocycles. The van der Waals surface area contributed by atoms with Gasteiger partial charge in [0, 0.05) is 69.9 Å². The van der Waals surface area contributed by atoms with Crippen molar-refractivity contribution in [1.29, 1.82) is 0 Å². The van der Waals surface area contributed by atoms with Crippen molar-refractivity contribution in [1.82, 2.24) is 35.1 Å². The Morgan fingerprint density at radius 2 is 1.72 bits per heavy atom. The standard InChI is InChI=1S/C27H22N8O/c1-15(2)27(36)32-19-6-17(10-29-12-19)18-7-21-25(34-35-26(21)31-11-18)23-8-20-22(13-30-14-24(20)33-23)16-4-3-5-28-9-16/h3-15,33H,1-2H3,(H,32,36)(H,31,34,35). The Morgan fingerprint density at radius 3 is 2.56 bits per heavy atom. The van der Waals surface area contributed by atoms with E-state index in [1.807, 2.05) is 56.7 Å². The molecule has 6 aromatic rings. The first-order chi connectivity index (χ1) is 17.6. The van der Waals surface area contributed by atoms with Gasteiger partial charge in [0.05, 0.1) is 35.0 Å². The van der Waals surface area contributed by atoms with E-state index in [0.29, 0.717) is 11.3 Å². The van der Waals surface area contributed by atoms with Crippen LogP contribution >= 0.6 is 0 Å². The van der Waals surface area contributed by atoms with Crippen molar-refractivity contribution >= 4 is 33.5 Å². The van der Waals surface area contributed by atoms with Crippen LogP contribution in [0.25, 0.3) is 55.6 Å². The number of hydrogen-bond donors (Lipinski definition) is 3. The van der Waals surface area contributed by atoms with E-state index in [1.165, 1.54) is 0 Å². The predicted molar refractivity (Wildman–Crippen MR) is 139 cm³/mol. The molecule has 0 saturated carbocycles. The lowest BCUT2D eigenvalue weighted by Gasteiger charge is -2.09. The smallest absolute Gasteiger partial charge is 0.226 e. The highest BCUT2D eigenvalue weighted by Gasteiger charge is 2.15. The van der Waals surface area contributed by atoms with Gasteiger partial charge in [0.15, 0.2) is 5.65 Å². The van der Waals surface area contributed by atoms with Crippen LogP contribution in [-0.2, 0) is 4.79 Å². The maximum atomic E-state index is 12.1. The molecule has 1 amide bonds. The molecule has 0 aromatic carbocycles. The average Bonchev–Trinajstić information content (AvgIpc) is 3.53. The minimum atomic E-state index is -0.120. The molecule has 0 bridgehead atoms. The molecular weight excluding hydrogens is 452 g/mol. The molecule has 6 heterocycles. The predicted octanol–water partition coefficient (Wildman–Crippen LogP) is 5.22. The van der Waals surface area contributed by atoms with Gasteiger partial charge in [-0.1, -0.05) is 19.9 Å². The Morgan fingerprint density at radius 1 is 0.889 bits per heavy atom. The van der Waals surface area contributed by atoms with Crippen molar-refractivity contribution in [3.8, 4) is 33.6 Å². The van der Waals surface area contributed by atoms with Gasteiger partial charge >= 0.3 is 0 Å². The highest BCUT2D eigenvalue weighted by atomic mass is 16.1. The number of anilines is 1. The molecule has 9 heteroatoms. The van der Waals surface area contributed by atoms with Crippen LogP contribution in [0.5, 0.6) is 0 Å². The van der Waals surface area contributed by atoms with Gasteiger partial charge in [-0.15, -0.1) is 0 Å². The highest BCUT2D eigenvalue weighted by molar-refractivity contribution is 6.00. The van der Waals surface area contributed by atoms with Crippen molar-refractivity contribution in [3.63, 3.8) is 0 Å². The fraction of sp³-hybridized carbons (Fsp3) is 0.111. The Hall–Kier alpha value is -4.92. The normalized spacial score (nSPS) is 11.4. The second-order valence-corrected chi connectivity index (χ2v) is 8.87. The first kappa shape index (κ1) is 21.6. The first-order valence-corrected chi connectivity index (χ1v) is 11.5. The molecule has 3 N–H and O–H groups in total. The largest absolute Gasteiger partial charge is 0.352 e. The number of nitrogens with one attached hydrogen (secondary N) is 3. The van der Waals surface area contributed by atoms with E-state index in [-0.39, 0.29) is 11.8 Å². The molecular formula is C27H22N8O. The van der Waals surface area contributed by atoms with Crippen LogP contribution in [0.1, 0.15) is 13.8 Å². The van der Waals surface area contributed by atoms with Gasteiger partial charge in [0.25, 0.3) is 0 Å². The maximum Gasteiger partial charge on any atom is 0.226 e. The van der Waals surface area contributed by atoms with Gasteiger partial charge in [0.2, 0.25) is 5.91 Å². The molecule has 0 aliphatic heterocycles. The number of carbonyl (C=O) groups is 1. The lowest BCUT2D eigenvalue weighted by Crippen LogP contribution is -2.17. The van der Waals surface area contributed by atoms with Crippen LogP contribution in [-0.4, -0.2) is 41.0 Å². The summed E-state index contributed by atoms with van der Waals surface area (Å²) in [7, 11) is 0. The van der Waals surface area contributed by atoms with Gasteiger partial charge in [0.1, 0.15) is 0 Å². The lowest BCUT2D eigenvalue weighted by molar-refractivity contribution is -0.118. The van der Waals surface area contributed by atoms with Gasteiger partial charge in [-0.05, 0) is 24.3 Å². The zero-order valence-electron chi connectivity index (χ0n) is 19.6. The van der Waals surface area contributed by atoms with Crippen LogP contribution in [0.3, 0.4) is 0 Å². The number of carbonyl (C=O) groups excluding carboxylic acids is 1. The summed E-state index contributed by atoms with van der Waals surface area (Å²) >= 11 is 0. The summed E-state index contributed by atoms with van der Waals surface area (Å²) in [4.78, 5) is 33.1. The second-order valence-electron chi connectivity index (χ2n) is 8.87. The van der Waals surface area contributed by atoms with E-state index in [0.717, 1.165) is 49.9 Å². The molecule has 9 nitrogen and oxygen atoms in total. The molecule has 0 atom stereocenters. The van der Waals surface area contributed by atoms with Crippen molar-refractivity contribution in [2.75, 3.05) is 5.32 Å². The summed E-state index contributed by atoms with van der Waals surface area (Å²) in [5.41, 5.74) is 7.57. The van der Waals surface area contributed by atoms with Crippen LogP contribution in [0, 0.1) is 5.92 Å². The highest BCUT2D eigenvalue weighted by Crippen LogP contribution is 2.34. The van der Waals surface area contributed by atoms with Crippen LogP contribution in [0.15, 0.2) is 73.7 Å². The Kier molecular flexibility index (Phi) is 5.22. The zero-order chi connectivity index (χ0) is 24.6. The van der Waals surface area contributed by atoms with Gasteiger partial charge in [-0.3, -0.25) is 24.8 Å². The Labute approximate surface area is 206 Å². The van der Waals surface area contributed by atoms with Crippen molar-refractivity contribution in [2.45, 2.75) is 13.8 Å². The fourth-order valence-electron chi connectivity index (χ4n) is 4.15. The Bertz CT molecular complexity index is 1720. The number of aromatic amines is 2. The van der Waals surface area contributed by atoms with Crippen molar-refractivity contribution in [2.24, 2.45) is 5.92 Å². The molecule has 0 saturated heterocycles. The summed E-state index contributed by atoms with van der Waals surface area (Å²) in [5.74, 6) is -0.177. The van der Waals surface area contributed by atoms with E-state index < -0.39 is 0 Å². The number of rotatable bonds is 5. The summed E-state index contributed by atoms with van der Waals surface area (Å²) in [6.07, 6.45) is 12.4. The SMILES string of the molecule is CC(C)C(=O)Nc1cncc(-c2cnc3n[nH]c(-c4cc5c(-c6cccnc6)cncc5[nH]4)c3c2)c1. The number of hydrogen-bond acceptors (Lipinski definition) is 6. The number of pyridine rings is 4. The van der Waals surface area contributed by atoms with Gasteiger partial charge < -0.3 is 10.3 Å². The number of fused-ring (bicyclic) bond motifs is 2. The number of aromatic nitrogens is 7. The van der Waals surface area contributed by atoms with E-state index in [9.17, 15) is 4.79 Å². The minimum Gasteiger partial charge on any atom is -0.352 e. The van der Waals surface area contributed by atoms with Gasteiger partial charge in [-0.25, -0.2) is 4.98 Å². The summed E-state index contributed by atoms with van der Waals surface area (Å²) in [6, 6.07) is 9.93. The molecule has 176 valence electrons. The molecule has 0 radical (unpaired) electrons. The lowest BCUT2D eigenvalue weighted by atomic mass is 10.1. The second kappa shape index (κ2) is 8.70. The van der Waals surface area contributed by atoms with Crippen LogP contribution in [0.2, 0.25) is 0 Å². The summed E-state index contributed by atoms with van der Waals surface area (Å²) < 4.78 is 0. The number of H-pyrrole nitrogens is 2. The molecule has 6 aromatic heterocycles. The average molecular weight is 475 g/mol. The first-order valence-electron chi connectivity index (χ1n) is 11.5. The maximum absolute atomic E-state index is 12.1.